The van der Waals surface area contributed by atoms with Crippen molar-refractivity contribution in [1.29, 1.82) is 0 Å². The molecule has 3 aromatic rings. The van der Waals surface area contributed by atoms with Gasteiger partial charge in [-0.2, -0.15) is 0 Å². The molecule has 0 radical (unpaired) electrons. The molecule has 1 saturated heterocycles. The Hall–Kier alpha value is -2.64. The van der Waals surface area contributed by atoms with E-state index in [9.17, 15) is 8.42 Å². The summed E-state index contributed by atoms with van der Waals surface area (Å²) in [4.78, 5) is 4.40. The second kappa shape index (κ2) is 7.54. The molecule has 27 heavy (non-hydrogen) atoms. The lowest BCUT2D eigenvalue weighted by molar-refractivity contribution is 0.456. The molecule has 0 bridgehead atoms. The minimum Gasteiger partial charge on any atom is -0.457 e. The van der Waals surface area contributed by atoms with E-state index >= 15 is 0 Å². The van der Waals surface area contributed by atoms with Gasteiger partial charge in [0.15, 0.2) is 0 Å². The Morgan fingerprint density at radius 2 is 1.93 bits per heavy atom. The first-order valence-electron chi connectivity index (χ1n) is 8.95. The molecule has 1 aliphatic heterocycles. The fourth-order valence-corrected chi connectivity index (χ4v) is 4.75. The Labute approximate surface area is 158 Å². The molecule has 2 heterocycles. The predicted octanol–water partition coefficient (Wildman–Crippen LogP) is 3.47. The SMILES string of the molecule is O=S1(=O)CCCN1CCNc1ccnc2ccc(Oc3ccccc3)cc12. The molecule has 0 atom stereocenters. The molecule has 2 aromatic carbocycles. The number of anilines is 1. The van der Waals surface area contributed by atoms with Gasteiger partial charge in [0.2, 0.25) is 10.0 Å². The van der Waals surface area contributed by atoms with Crippen molar-refractivity contribution in [3.63, 3.8) is 0 Å². The molecule has 6 nitrogen and oxygen atoms in total. The summed E-state index contributed by atoms with van der Waals surface area (Å²) in [6.45, 7) is 1.62. The van der Waals surface area contributed by atoms with Gasteiger partial charge in [0.1, 0.15) is 11.5 Å². The number of nitrogens with one attached hydrogen (secondary N) is 1. The lowest BCUT2D eigenvalue weighted by Gasteiger charge is -2.16. The average molecular weight is 383 g/mol. The molecular weight excluding hydrogens is 362 g/mol. The maximum absolute atomic E-state index is 11.9. The number of pyridine rings is 1. The summed E-state index contributed by atoms with van der Waals surface area (Å²) in [6, 6.07) is 17.3. The van der Waals surface area contributed by atoms with Crippen LogP contribution in [0.2, 0.25) is 0 Å². The second-order valence-corrected chi connectivity index (χ2v) is 8.54. The molecule has 1 aliphatic rings. The number of aromatic nitrogens is 1. The summed E-state index contributed by atoms with van der Waals surface area (Å²) >= 11 is 0. The van der Waals surface area contributed by atoms with Crippen LogP contribution in [-0.4, -0.2) is 43.1 Å². The number of benzene rings is 2. The van der Waals surface area contributed by atoms with Gasteiger partial charge in [0, 0.05) is 36.9 Å². The molecule has 7 heteroatoms. The zero-order valence-electron chi connectivity index (χ0n) is 14.8. The number of nitrogens with zero attached hydrogens (tertiary/aromatic N) is 2. The number of hydrogen-bond donors (Lipinski definition) is 1. The van der Waals surface area contributed by atoms with E-state index in [1.54, 1.807) is 10.5 Å². The number of ether oxygens (including phenoxy) is 1. The topological polar surface area (TPSA) is 71.5 Å². The average Bonchev–Trinajstić information content (AvgIpc) is 3.01. The third kappa shape index (κ3) is 4.04. The van der Waals surface area contributed by atoms with E-state index in [4.69, 9.17) is 4.74 Å². The van der Waals surface area contributed by atoms with Crippen LogP contribution in [-0.2, 0) is 10.0 Å². The summed E-state index contributed by atoms with van der Waals surface area (Å²) in [6.07, 6.45) is 2.45. The Balaban J connectivity index is 1.51. The van der Waals surface area contributed by atoms with Crippen LogP contribution in [0.3, 0.4) is 0 Å². The molecule has 0 aliphatic carbocycles. The first kappa shape index (κ1) is 17.8. The lowest BCUT2D eigenvalue weighted by atomic mass is 10.1. The minimum atomic E-state index is -3.06. The summed E-state index contributed by atoms with van der Waals surface area (Å²) in [5.41, 5.74) is 1.77. The first-order chi connectivity index (χ1) is 13.1. The highest BCUT2D eigenvalue weighted by molar-refractivity contribution is 7.89. The second-order valence-electron chi connectivity index (χ2n) is 6.45. The third-order valence-corrected chi connectivity index (χ3v) is 6.53. The quantitative estimate of drug-likeness (QED) is 0.706. The van der Waals surface area contributed by atoms with Crippen molar-refractivity contribution in [3.8, 4) is 11.5 Å². The summed E-state index contributed by atoms with van der Waals surface area (Å²) in [5, 5.41) is 4.28. The molecule has 1 fully saturated rings. The van der Waals surface area contributed by atoms with Crippen LogP contribution >= 0.6 is 0 Å². The molecule has 140 valence electrons. The zero-order chi connectivity index (χ0) is 18.7. The van der Waals surface area contributed by atoms with Crippen LogP contribution in [0.25, 0.3) is 10.9 Å². The Bertz CT molecular complexity index is 1040. The fourth-order valence-electron chi connectivity index (χ4n) is 3.23. The van der Waals surface area contributed by atoms with Crippen LogP contribution in [0.4, 0.5) is 5.69 Å². The minimum absolute atomic E-state index is 0.255. The van der Waals surface area contributed by atoms with Crippen molar-refractivity contribution < 1.29 is 13.2 Å². The van der Waals surface area contributed by atoms with E-state index in [0.29, 0.717) is 26.1 Å². The van der Waals surface area contributed by atoms with Gasteiger partial charge in [-0.25, -0.2) is 12.7 Å². The molecule has 0 spiro atoms. The maximum atomic E-state index is 11.9. The zero-order valence-corrected chi connectivity index (χ0v) is 15.7. The highest BCUT2D eigenvalue weighted by Crippen LogP contribution is 2.29. The molecule has 4 rings (SSSR count). The Kier molecular flexibility index (Phi) is 4.96. The van der Waals surface area contributed by atoms with Crippen LogP contribution in [0.1, 0.15) is 6.42 Å². The summed E-state index contributed by atoms with van der Waals surface area (Å²) < 4.78 is 31.3. The van der Waals surface area contributed by atoms with Crippen molar-refractivity contribution in [2.45, 2.75) is 6.42 Å². The maximum Gasteiger partial charge on any atom is 0.214 e. The molecule has 0 unspecified atom stereocenters. The monoisotopic (exact) mass is 383 g/mol. The standard InChI is InChI=1S/C20H21N3O3S/c24-27(25)14-4-12-23(27)13-11-22-20-9-10-21-19-8-7-17(15-18(19)20)26-16-5-2-1-3-6-16/h1-3,5-10,15H,4,11-14H2,(H,21,22). The third-order valence-electron chi connectivity index (χ3n) is 4.57. The molecule has 1 N–H and O–H groups in total. The van der Waals surface area contributed by atoms with Crippen LogP contribution in [0.5, 0.6) is 11.5 Å². The highest BCUT2D eigenvalue weighted by Gasteiger charge is 2.27. The molecule has 1 aromatic heterocycles. The van der Waals surface area contributed by atoms with E-state index < -0.39 is 10.0 Å². The molecule has 0 saturated carbocycles. The van der Waals surface area contributed by atoms with Gasteiger partial charge in [0.25, 0.3) is 0 Å². The van der Waals surface area contributed by atoms with Crippen LogP contribution in [0.15, 0.2) is 60.8 Å². The van der Waals surface area contributed by atoms with Gasteiger partial charge in [-0.15, -0.1) is 0 Å². The Morgan fingerprint density at radius 3 is 2.70 bits per heavy atom. The van der Waals surface area contributed by atoms with Gasteiger partial charge in [-0.3, -0.25) is 4.98 Å². The van der Waals surface area contributed by atoms with Crippen molar-refractivity contribution in [1.82, 2.24) is 9.29 Å². The number of rotatable bonds is 6. The van der Waals surface area contributed by atoms with Gasteiger partial charge in [-0.05, 0) is 42.8 Å². The number of para-hydroxylation sites is 1. The smallest absolute Gasteiger partial charge is 0.214 e. The summed E-state index contributed by atoms with van der Waals surface area (Å²) in [5.74, 6) is 1.76. The van der Waals surface area contributed by atoms with E-state index in [2.05, 4.69) is 10.3 Å². The van der Waals surface area contributed by atoms with Crippen LogP contribution in [0, 0.1) is 0 Å². The highest BCUT2D eigenvalue weighted by atomic mass is 32.2. The fraction of sp³-hybridized carbons (Fsp3) is 0.250. The number of sulfonamides is 1. The van der Waals surface area contributed by atoms with E-state index in [0.717, 1.165) is 28.1 Å². The molecule has 0 amide bonds. The largest absolute Gasteiger partial charge is 0.457 e. The number of hydrogen-bond acceptors (Lipinski definition) is 5. The lowest BCUT2D eigenvalue weighted by Crippen LogP contribution is -2.30. The van der Waals surface area contributed by atoms with Crippen molar-refractivity contribution in [2.75, 3.05) is 30.7 Å². The van der Waals surface area contributed by atoms with Crippen molar-refractivity contribution >= 4 is 26.6 Å². The Morgan fingerprint density at radius 1 is 1.07 bits per heavy atom. The summed E-state index contributed by atoms with van der Waals surface area (Å²) in [7, 11) is -3.06. The van der Waals surface area contributed by atoms with E-state index in [1.807, 2.05) is 54.6 Å². The molecular formula is C20H21N3O3S. The van der Waals surface area contributed by atoms with Gasteiger partial charge in [-0.1, -0.05) is 18.2 Å². The van der Waals surface area contributed by atoms with Gasteiger partial charge < -0.3 is 10.1 Å². The first-order valence-corrected chi connectivity index (χ1v) is 10.6. The van der Waals surface area contributed by atoms with Crippen molar-refractivity contribution in [2.24, 2.45) is 0 Å². The van der Waals surface area contributed by atoms with E-state index in [1.165, 1.54) is 0 Å². The van der Waals surface area contributed by atoms with Gasteiger partial charge >= 0.3 is 0 Å². The predicted molar refractivity (Wildman–Crippen MR) is 107 cm³/mol. The number of fused-ring (bicyclic) bond motifs is 1. The van der Waals surface area contributed by atoms with Gasteiger partial charge in [0.05, 0.1) is 11.3 Å². The van der Waals surface area contributed by atoms with E-state index in [-0.39, 0.29) is 5.75 Å². The van der Waals surface area contributed by atoms with Crippen molar-refractivity contribution in [3.05, 3.63) is 60.8 Å². The van der Waals surface area contributed by atoms with Crippen LogP contribution < -0.4 is 10.1 Å². The normalized spacial score (nSPS) is 16.4.